The lowest BCUT2D eigenvalue weighted by atomic mass is 10.1. The van der Waals surface area contributed by atoms with Crippen molar-refractivity contribution in [3.63, 3.8) is 0 Å². The molecule has 0 saturated heterocycles. The second-order valence-electron chi connectivity index (χ2n) is 4.27. The highest BCUT2D eigenvalue weighted by molar-refractivity contribution is 5.87. The van der Waals surface area contributed by atoms with Crippen molar-refractivity contribution in [1.82, 2.24) is 9.97 Å². The summed E-state index contributed by atoms with van der Waals surface area (Å²) in [5.41, 5.74) is 4.23. The summed E-state index contributed by atoms with van der Waals surface area (Å²) >= 11 is 0. The minimum atomic E-state index is 0.902. The van der Waals surface area contributed by atoms with E-state index in [2.05, 4.69) is 32.7 Å². The minimum absolute atomic E-state index is 0.902. The van der Waals surface area contributed by atoms with Crippen LogP contribution in [0.3, 0.4) is 0 Å². The summed E-state index contributed by atoms with van der Waals surface area (Å²) in [6.45, 7) is 0. The number of aromatic nitrogens is 2. The molecule has 18 heavy (non-hydrogen) atoms. The number of rotatable bonds is 1. The second-order valence-corrected chi connectivity index (χ2v) is 4.27. The Balaban J connectivity index is 1.80. The van der Waals surface area contributed by atoms with E-state index in [0.717, 1.165) is 34.1 Å². The van der Waals surface area contributed by atoms with Crippen molar-refractivity contribution in [2.24, 2.45) is 0 Å². The Kier molecular flexibility index (Phi) is 1.85. The molecule has 1 aliphatic heterocycles. The SMILES string of the molecule is c1ccc2c(c1)N[C](c1ccnc3[nH]ccc13)N2. The van der Waals surface area contributed by atoms with Crippen molar-refractivity contribution >= 4 is 22.4 Å². The van der Waals surface area contributed by atoms with Crippen LogP contribution in [0.1, 0.15) is 5.56 Å². The van der Waals surface area contributed by atoms with Gasteiger partial charge >= 0.3 is 0 Å². The van der Waals surface area contributed by atoms with Gasteiger partial charge in [-0.15, -0.1) is 0 Å². The van der Waals surface area contributed by atoms with Crippen molar-refractivity contribution in [2.75, 3.05) is 10.6 Å². The topological polar surface area (TPSA) is 52.7 Å². The van der Waals surface area contributed by atoms with Crippen LogP contribution in [0, 0.1) is 6.17 Å². The van der Waals surface area contributed by atoms with Crippen LogP contribution in [0.2, 0.25) is 0 Å². The number of pyridine rings is 1. The van der Waals surface area contributed by atoms with Crippen molar-refractivity contribution < 1.29 is 0 Å². The highest BCUT2D eigenvalue weighted by Crippen LogP contribution is 2.35. The lowest BCUT2D eigenvalue weighted by Crippen LogP contribution is -2.13. The molecule has 2 aromatic heterocycles. The van der Waals surface area contributed by atoms with Crippen molar-refractivity contribution in [2.45, 2.75) is 0 Å². The lowest BCUT2D eigenvalue weighted by Gasteiger charge is -2.11. The van der Waals surface area contributed by atoms with Crippen molar-refractivity contribution in [1.29, 1.82) is 0 Å². The van der Waals surface area contributed by atoms with Gasteiger partial charge in [-0.05, 0) is 24.3 Å². The number of hydrogen-bond donors (Lipinski definition) is 3. The van der Waals surface area contributed by atoms with Crippen LogP contribution in [-0.4, -0.2) is 9.97 Å². The standard InChI is InChI=1S/C14H11N4/c1-2-4-12-11(3-1)17-14(18-12)10-6-8-16-13-9(10)5-7-15-13/h1-8,17-18H,(H,15,16). The third-order valence-corrected chi connectivity index (χ3v) is 3.18. The first kappa shape index (κ1) is 9.53. The van der Waals surface area contributed by atoms with E-state index in [4.69, 9.17) is 0 Å². The fourth-order valence-electron chi connectivity index (χ4n) is 2.32. The second kappa shape index (κ2) is 3.50. The molecule has 0 spiro atoms. The summed E-state index contributed by atoms with van der Waals surface area (Å²) in [6, 6.07) is 12.2. The van der Waals surface area contributed by atoms with Gasteiger partial charge in [-0.25, -0.2) is 4.98 Å². The molecule has 4 nitrogen and oxygen atoms in total. The summed E-state index contributed by atoms with van der Waals surface area (Å²) in [7, 11) is 0. The van der Waals surface area contributed by atoms with Gasteiger partial charge in [0.25, 0.3) is 0 Å². The molecule has 4 heteroatoms. The van der Waals surface area contributed by atoms with E-state index in [1.165, 1.54) is 0 Å². The maximum Gasteiger partial charge on any atom is 0.183 e. The van der Waals surface area contributed by atoms with E-state index in [9.17, 15) is 0 Å². The van der Waals surface area contributed by atoms with Crippen LogP contribution in [0.5, 0.6) is 0 Å². The molecule has 0 saturated carbocycles. The number of anilines is 2. The monoisotopic (exact) mass is 235 g/mol. The number of H-pyrrole nitrogens is 1. The van der Waals surface area contributed by atoms with E-state index < -0.39 is 0 Å². The van der Waals surface area contributed by atoms with Crippen molar-refractivity contribution in [3.05, 3.63) is 60.5 Å². The molecule has 0 bridgehead atoms. The van der Waals surface area contributed by atoms with E-state index in [0.29, 0.717) is 0 Å². The fourth-order valence-corrected chi connectivity index (χ4v) is 2.32. The highest BCUT2D eigenvalue weighted by Gasteiger charge is 2.23. The molecule has 87 valence electrons. The average molecular weight is 235 g/mol. The summed E-state index contributed by atoms with van der Waals surface area (Å²) in [5.74, 6) is 0. The number of nitrogens with one attached hydrogen (secondary N) is 3. The molecule has 1 aromatic carbocycles. The molecule has 3 N–H and O–H groups in total. The molecular weight excluding hydrogens is 224 g/mol. The number of para-hydroxylation sites is 2. The van der Waals surface area contributed by atoms with Crippen LogP contribution in [-0.2, 0) is 0 Å². The molecule has 4 rings (SSSR count). The average Bonchev–Trinajstić information content (AvgIpc) is 3.04. The van der Waals surface area contributed by atoms with E-state index >= 15 is 0 Å². The molecular formula is C14H11N4. The minimum Gasteiger partial charge on any atom is -0.354 e. The fraction of sp³-hybridized carbons (Fsp3) is 0. The maximum absolute atomic E-state index is 4.30. The Bertz CT molecular complexity index is 691. The number of nitrogens with zero attached hydrogens (tertiary/aromatic N) is 1. The normalized spacial score (nSPS) is 14.2. The highest BCUT2D eigenvalue weighted by atomic mass is 15.2. The molecule has 3 heterocycles. The first-order chi connectivity index (χ1) is 8.92. The summed E-state index contributed by atoms with van der Waals surface area (Å²) < 4.78 is 0. The summed E-state index contributed by atoms with van der Waals surface area (Å²) in [5, 5.41) is 7.90. The van der Waals surface area contributed by atoms with E-state index in [1.54, 1.807) is 0 Å². The lowest BCUT2D eigenvalue weighted by molar-refractivity contribution is 1.22. The molecule has 0 aliphatic carbocycles. The van der Waals surface area contributed by atoms with Crippen LogP contribution in [0.15, 0.2) is 48.8 Å². The van der Waals surface area contributed by atoms with Gasteiger partial charge in [0.2, 0.25) is 0 Å². The zero-order valence-corrected chi connectivity index (χ0v) is 9.57. The third-order valence-electron chi connectivity index (χ3n) is 3.18. The molecule has 1 radical (unpaired) electrons. The number of hydrogen-bond acceptors (Lipinski definition) is 3. The molecule has 1 aliphatic rings. The van der Waals surface area contributed by atoms with E-state index in [1.807, 2.05) is 36.7 Å². The largest absolute Gasteiger partial charge is 0.354 e. The summed E-state index contributed by atoms with van der Waals surface area (Å²) in [4.78, 5) is 7.42. The van der Waals surface area contributed by atoms with Gasteiger partial charge in [0, 0.05) is 23.3 Å². The van der Waals surface area contributed by atoms with E-state index in [-0.39, 0.29) is 0 Å². The predicted octanol–water partition coefficient (Wildman–Crippen LogP) is 2.94. The van der Waals surface area contributed by atoms with Crippen LogP contribution in [0.4, 0.5) is 11.4 Å². The van der Waals surface area contributed by atoms with Gasteiger partial charge in [-0.1, -0.05) is 12.1 Å². The Labute approximate surface area is 104 Å². The Morgan fingerprint density at radius 3 is 2.44 bits per heavy atom. The van der Waals surface area contributed by atoms with Gasteiger partial charge in [-0.2, -0.15) is 0 Å². The number of aromatic amines is 1. The Hall–Kier alpha value is -2.49. The molecule has 0 amide bonds. The zero-order chi connectivity index (χ0) is 11.9. The zero-order valence-electron chi connectivity index (χ0n) is 9.57. The van der Waals surface area contributed by atoms with Gasteiger partial charge in [0.15, 0.2) is 6.17 Å². The summed E-state index contributed by atoms with van der Waals surface area (Å²) in [6.07, 6.45) is 4.72. The third kappa shape index (κ3) is 1.29. The molecule has 3 aromatic rings. The first-order valence-corrected chi connectivity index (χ1v) is 5.84. The van der Waals surface area contributed by atoms with Gasteiger partial charge in [-0.3, -0.25) is 0 Å². The smallest absolute Gasteiger partial charge is 0.183 e. The molecule has 0 atom stereocenters. The number of benzene rings is 1. The van der Waals surface area contributed by atoms with Gasteiger partial charge in [0.05, 0.1) is 11.4 Å². The quantitative estimate of drug-likeness (QED) is 0.608. The molecule has 0 fully saturated rings. The Morgan fingerprint density at radius 2 is 1.67 bits per heavy atom. The predicted molar refractivity (Wildman–Crippen MR) is 72.1 cm³/mol. The van der Waals surface area contributed by atoms with Crippen molar-refractivity contribution in [3.8, 4) is 0 Å². The van der Waals surface area contributed by atoms with Crippen LogP contribution >= 0.6 is 0 Å². The van der Waals surface area contributed by atoms with Crippen LogP contribution < -0.4 is 10.6 Å². The van der Waals surface area contributed by atoms with Gasteiger partial charge < -0.3 is 15.6 Å². The van der Waals surface area contributed by atoms with Crippen LogP contribution in [0.25, 0.3) is 11.0 Å². The number of fused-ring (bicyclic) bond motifs is 2. The first-order valence-electron chi connectivity index (χ1n) is 5.84. The van der Waals surface area contributed by atoms with Gasteiger partial charge in [0.1, 0.15) is 5.65 Å². The maximum atomic E-state index is 4.30. The Morgan fingerprint density at radius 1 is 0.889 bits per heavy atom. The molecule has 0 unspecified atom stereocenters.